The lowest BCUT2D eigenvalue weighted by molar-refractivity contribution is 0.116. The lowest BCUT2D eigenvalue weighted by Crippen LogP contribution is -2.30. The van der Waals surface area contributed by atoms with Gasteiger partial charge in [0.05, 0.1) is 6.61 Å². The third-order valence-electron chi connectivity index (χ3n) is 1.77. The largest absolute Gasteiger partial charge is 0.614 e. The molecule has 3 nitrogen and oxygen atoms in total. The van der Waals surface area contributed by atoms with Gasteiger partial charge in [0.15, 0.2) is 10.7 Å². The Morgan fingerprint density at radius 3 is 3.00 bits per heavy atom. The molecule has 2 saturated heterocycles. The summed E-state index contributed by atoms with van der Waals surface area (Å²) in [5.41, 5.74) is 0.123. The van der Waals surface area contributed by atoms with Crippen molar-refractivity contribution < 1.29 is 14.0 Å². The van der Waals surface area contributed by atoms with Crippen molar-refractivity contribution in [2.24, 2.45) is 0 Å². The molecule has 3 atom stereocenters. The highest BCUT2D eigenvalue weighted by Gasteiger charge is 2.40. The van der Waals surface area contributed by atoms with Crippen molar-refractivity contribution in [2.45, 2.75) is 10.7 Å². The van der Waals surface area contributed by atoms with Gasteiger partial charge in [-0.3, -0.25) is 0 Å². The smallest absolute Gasteiger partial charge is 0.206 e. The van der Waals surface area contributed by atoms with Gasteiger partial charge in [-0.1, -0.05) is 0 Å². The topological polar surface area (TPSA) is 41.5 Å². The maximum atomic E-state index is 11.3. The molecular weight excluding hydrogens is 184 g/mol. The number of thioether (sulfide) groups is 1. The molecule has 0 saturated carbocycles. The van der Waals surface area contributed by atoms with Gasteiger partial charge in [0.2, 0.25) is 5.94 Å². The van der Waals surface area contributed by atoms with Crippen molar-refractivity contribution in [1.29, 1.82) is 0 Å². The van der Waals surface area contributed by atoms with E-state index in [1.54, 1.807) is 11.8 Å². The van der Waals surface area contributed by atoms with E-state index in [9.17, 15) is 4.55 Å². The summed E-state index contributed by atoms with van der Waals surface area (Å²) in [4.78, 5) is 0. The number of ether oxygens (including phenoxy) is 2. The Labute approximate surface area is 73.0 Å². The fourth-order valence-corrected chi connectivity index (χ4v) is 3.73. The first kappa shape index (κ1) is 8.19. The zero-order chi connectivity index (χ0) is 7.68. The Morgan fingerprint density at radius 1 is 1.55 bits per heavy atom. The molecule has 0 radical (unpaired) electrons. The maximum Gasteiger partial charge on any atom is 0.206 e. The van der Waals surface area contributed by atoms with E-state index in [0.717, 1.165) is 12.4 Å². The minimum Gasteiger partial charge on any atom is -0.614 e. The third-order valence-corrected chi connectivity index (χ3v) is 4.60. The van der Waals surface area contributed by atoms with Crippen LogP contribution in [-0.2, 0) is 20.6 Å². The minimum atomic E-state index is -0.819. The average Bonchev–Trinajstić information content (AvgIpc) is 2.55. The highest BCUT2D eigenvalue weighted by molar-refractivity contribution is 8.01. The van der Waals surface area contributed by atoms with Crippen LogP contribution >= 0.6 is 11.8 Å². The van der Waals surface area contributed by atoms with Crippen LogP contribution < -0.4 is 0 Å². The average molecular weight is 194 g/mol. The van der Waals surface area contributed by atoms with Crippen molar-refractivity contribution >= 4 is 22.9 Å². The van der Waals surface area contributed by atoms with Crippen molar-refractivity contribution in [2.75, 3.05) is 24.9 Å². The summed E-state index contributed by atoms with van der Waals surface area (Å²) in [6.45, 7) is 1.40. The lowest BCUT2D eigenvalue weighted by atomic mass is 10.5. The van der Waals surface area contributed by atoms with Gasteiger partial charge in [-0.15, -0.1) is 11.8 Å². The predicted molar refractivity (Wildman–Crippen MR) is 44.9 cm³/mol. The lowest BCUT2D eigenvalue weighted by Gasteiger charge is -2.16. The summed E-state index contributed by atoms with van der Waals surface area (Å²) >= 11 is 0.930. The van der Waals surface area contributed by atoms with Crippen molar-refractivity contribution in [3.05, 3.63) is 0 Å². The van der Waals surface area contributed by atoms with Gasteiger partial charge >= 0.3 is 0 Å². The molecule has 2 aliphatic rings. The number of rotatable bonds is 1. The van der Waals surface area contributed by atoms with Gasteiger partial charge in [-0.2, -0.15) is 0 Å². The monoisotopic (exact) mass is 194 g/mol. The Hall–Kier alpha value is 0.580. The van der Waals surface area contributed by atoms with E-state index in [1.165, 1.54) is 0 Å². The first-order chi connectivity index (χ1) is 5.38. The zero-order valence-electron chi connectivity index (χ0n) is 6.02. The van der Waals surface area contributed by atoms with Crippen LogP contribution in [-0.4, -0.2) is 40.1 Å². The second kappa shape index (κ2) is 3.53. The van der Waals surface area contributed by atoms with Gasteiger partial charge in [0.1, 0.15) is 6.61 Å². The molecule has 0 spiro atoms. The fraction of sp³-hybridized carbons (Fsp3) is 1.00. The molecule has 3 unspecified atom stereocenters. The zero-order valence-corrected chi connectivity index (χ0v) is 7.66. The molecule has 2 rings (SSSR count). The molecule has 0 bridgehead atoms. The molecule has 0 aliphatic carbocycles. The van der Waals surface area contributed by atoms with Gasteiger partial charge < -0.3 is 14.0 Å². The van der Waals surface area contributed by atoms with E-state index in [-0.39, 0.29) is 10.7 Å². The maximum absolute atomic E-state index is 11.3. The molecule has 64 valence electrons. The molecule has 5 heteroatoms. The first-order valence-corrected chi connectivity index (χ1v) is 5.99. The number of hydrogen-bond acceptors (Lipinski definition) is 4. The van der Waals surface area contributed by atoms with Gasteiger partial charge in [0.25, 0.3) is 0 Å². The standard InChI is InChI=1S/C6H10O3S2/c7-11-4-8-3-5(11)6-9-1-2-10-6/h5-6H,1-4H2. The van der Waals surface area contributed by atoms with E-state index in [2.05, 4.69) is 0 Å². The second-order valence-electron chi connectivity index (χ2n) is 2.52. The molecular formula is C6H10O3S2. The highest BCUT2D eigenvalue weighted by Crippen LogP contribution is 2.29. The molecule has 2 fully saturated rings. The summed E-state index contributed by atoms with van der Waals surface area (Å²) in [6, 6.07) is 0. The second-order valence-corrected chi connectivity index (χ2v) is 5.33. The van der Waals surface area contributed by atoms with Gasteiger partial charge in [-0.05, 0) is 11.2 Å². The number of hydrogen-bond donors (Lipinski definition) is 0. The summed E-state index contributed by atoms with van der Waals surface area (Å²) in [6.07, 6.45) is 0. The Kier molecular flexibility index (Phi) is 2.63. The van der Waals surface area contributed by atoms with Crippen molar-refractivity contribution in [3.63, 3.8) is 0 Å². The predicted octanol–water partition coefficient (Wildman–Crippen LogP) is 0.181. The normalized spacial score (nSPS) is 45.0. The van der Waals surface area contributed by atoms with Gasteiger partial charge in [-0.25, -0.2) is 0 Å². The molecule has 11 heavy (non-hydrogen) atoms. The Bertz CT molecular complexity index is 138. The van der Waals surface area contributed by atoms with E-state index in [0.29, 0.717) is 12.5 Å². The molecule has 0 amide bonds. The van der Waals surface area contributed by atoms with E-state index in [4.69, 9.17) is 9.47 Å². The van der Waals surface area contributed by atoms with Crippen LogP contribution in [0.1, 0.15) is 0 Å². The van der Waals surface area contributed by atoms with Crippen LogP contribution in [0.3, 0.4) is 0 Å². The van der Waals surface area contributed by atoms with Crippen LogP contribution in [0.2, 0.25) is 0 Å². The van der Waals surface area contributed by atoms with Crippen molar-refractivity contribution in [1.82, 2.24) is 0 Å². The summed E-state index contributed by atoms with van der Waals surface area (Å²) < 4.78 is 21.7. The molecule has 0 aromatic carbocycles. The Morgan fingerprint density at radius 2 is 2.45 bits per heavy atom. The molecule has 0 aromatic rings. The third kappa shape index (κ3) is 1.67. The minimum absolute atomic E-state index is 0.113. The van der Waals surface area contributed by atoms with E-state index >= 15 is 0 Å². The molecule has 2 aliphatic heterocycles. The van der Waals surface area contributed by atoms with Crippen LogP contribution in [0, 0.1) is 0 Å². The van der Waals surface area contributed by atoms with Gasteiger partial charge in [0, 0.05) is 5.75 Å². The Balaban J connectivity index is 1.92. The van der Waals surface area contributed by atoms with Crippen LogP contribution in [0.25, 0.3) is 0 Å². The van der Waals surface area contributed by atoms with E-state index in [1.807, 2.05) is 0 Å². The summed E-state index contributed by atoms with van der Waals surface area (Å²) in [5, 5.41) is 0.113. The summed E-state index contributed by atoms with van der Waals surface area (Å²) in [7, 11) is 0. The fourth-order valence-electron chi connectivity index (χ4n) is 1.20. The summed E-state index contributed by atoms with van der Waals surface area (Å²) in [5.74, 6) is 1.42. The van der Waals surface area contributed by atoms with Crippen molar-refractivity contribution in [3.8, 4) is 0 Å². The van der Waals surface area contributed by atoms with Crippen LogP contribution in [0.15, 0.2) is 0 Å². The van der Waals surface area contributed by atoms with E-state index < -0.39 is 11.2 Å². The molecule has 2 heterocycles. The molecule has 0 aromatic heterocycles. The van der Waals surface area contributed by atoms with Crippen LogP contribution in [0.4, 0.5) is 0 Å². The van der Waals surface area contributed by atoms with Crippen LogP contribution in [0.5, 0.6) is 0 Å². The SMILES string of the molecule is [O-][S+]1COCC1C1OCCS1. The molecule has 0 N–H and O–H groups in total. The quantitative estimate of drug-likeness (QED) is 0.558. The highest BCUT2D eigenvalue weighted by atomic mass is 32.2. The first-order valence-electron chi connectivity index (χ1n) is 3.56.